The van der Waals surface area contributed by atoms with Gasteiger partial charge in [0.2, 0.25) is 5.91 Å². The summed E-state index contributed by atoms with van der Waals surface area (Å²) in [5.74, 6) is -0.117. The van der Waals surface area contributed by atoms with Crippen LogP contribution in [0.1, 0.15) is 71.0 Å². The van der Waals surface area contributed by atoms with E-state index < -0.39 is 17.2 Å². The van der Waals surface area contributed by atoms with Gasteiger partial charge >= 0.3 is 11.7 Å². The number of hydrogen-bond acceptors (Lipinski definition) is 6. The Labute approximate surface area is 186 Å². The van der Waals surface area contributed by atoms with Crippen LogP contribution in [0.2, 0.25) is 0 Å². The molecule has 1 saturated heterocycles. The van der Waals surface area contributed by atoms with Crippen molar-refractivity contribution in [3.63, 3.8) is 0 Å². The predicted octanol–water partition coefficient (Wildman–Crippen LogP) is 1.93. The number of hydrogen-bond donors (Lipinski definition) is 1. The number of fused-ring (bicyclic) bond motifs is 1. The number of H-pyrrole nitrogens is 1. The molecule has 1 N–H and O–H groups in total. The SMILES string of the molecule is CCCCn1c(=O)[nH]c(=O)c2c1nc(COC(=O)CN1CCCCCCC1=O)n2CCC. The highest BCUT2D eigenvalue weighted by Gasteiger charge is 2.22. The number of aromatic amines is 1. The molecule has 176 valence electrons. The summed E-state index contributed by atoms with van der Waals surface area (Å²) in [6, 6.07) is 0. The monoisotopic (exact) mass is 447 g/mol. The van der Waals surface area contributed by atoms with Gasteiger partial charge in [-0.1, -0.05) is 33.1 Å². The predicted molar refractivity (Wildman–Crippen MR) is 119 cm³/mol. The van der Waals surface area contributed by atoms with Crippen LogP contribution >= 0.6 is 0 Å². The number of nitrogens with one attached hydrogen (secondary N) is 1. The highest BCUT2D eigenvalue weighted by atomic mass is 16.5. The highest BCUT2D eigenvalue weighted by Crippen LogP contribution is 2.15. The summed E-state index contributed by atoms with van der Waals surface area (Å²) in [4.78, 5) is 58.1. The normalized spacial score (nSPS) is 15.1. The summed E-state index contributed by atoms with van der Waals surface area (Å²) in [6.07, 6.45) is 6.68. The van der Waals surface area contributed by atoms with Crippen molar-refractivity contribution in [3.8, 4) is 0 Å². The fraction of sp³-hybridized carbons (Fsp3) is 0.682. The fourth-order valence-electron chi connectivity index (χ4n) is 4.04. The zero-order valence-corrected chi connectivity index (χ0v) is 19.0. The van der Waals surface area contributed by atoms with Gasteiger partial charge in [0.25, 0.3) is 5.56 Å². The van der Waals surface area contributed by atoms with Gasteiger partial charge in [-0.2, -0.15) is 0 Å². The maximum absolute atomic E-state index is 12.6. The molecular formula is C22H33N5O5. The molecular weight excluding hydrogens is 414 g/mol. The molecule has 1 fully saturated rings. The number of rotatable bonds is 9. The van der Waals surface area contributed by atoms with E-state index in [-0.39, 0.29) is 19.1 Å². The Morgan fingerprint density at radius 2 is 1.81 bits per heavy atom. The first-order valence-electron chi connectivity index (χ1n) is 11.6. The van der Waals surface area contributed by atoms with E-state index in [1.807, 2.05) is 13.8 Å². The number of esters is 1. The van der Waals surface area contributed by atoms with Crippen molar-refractivity contribution in [1.29, 1.82) is 0 Å². The molecule has 1 aliphatic rings. The second-order valence-electron chi connectivity index (χ2n) is 8.26. The van der Waals surface area contributed by atoms with E-state index in [1.54, 1.807) is 9.47 Å². The maximum atomic E-state index is 12.6. The van der Waals surface area contributed by atoms with Crippen LogP contribution in [0.5, 0.6) is 0 Å². The Balaban J connectivity index is 1.81. The molecule has 32 heavy (non-hydrogen) atoms. The molecule has 10 nitrogen and oxygen atoms in total. The van der Waals surface area contributed by atoms with Gasteiger partial charge in [0.05, 0.1) is 0 Å². The van der Waals surface area contributed by atoms with E-state index in [9.17, 15) is 19.2 Å². The summed E-state index contributed by atoms with van der Waals surface area (Å²) < 4.78 is 8.62. The number of amides is 1. The van der Waals surface area contributed by atoms with E-state index in [0.29, 0.717) is 43.0 Å². The number of ether oxygens (including phenoxy) is 1. The minimum absolute atomic E-state index is 0.0219. The second kappa shape index (κ2) is 11.1. The Morgan fingerprint density at radius 1 is 1.03 bits per heavy atom. The minimum Gasteiger partial charge on any atom is -0.456 e. The third kappa shape index (κ3) is 5.46. The first kappa shape index (κ1) is 23.7. The van der Waals surface area contributed by atoms with Crippen LogP contribution in [0.15, 0.2) is 9.59 Å². The largest absolute Gasteiger partial charge is 0.456 e. The van der Waals surface area contributed by atoms with Crippen LogP contribution in [0.25, 0.3) is 11.2 Å². The van der Waals surface area contributed by atoms with Gasteiger partial charge in [0.1, 0.15) is 19.0 Å². The van der Waals surface area contributed by atoms with Gasteiger partial charge in [0, 0.05) is 26.1 Å². The zero-order chi connectivity index (χ0) is 23.1. The van der Waals surface area contributed by atoms with Crippen molar-refractivity contribution in [1.82, 2.24) is 24.0 Å². The molecule has 0 spiro atoms. The Bertz CT molecular complexity index is 1070. The maximum Gasteiger partial charge on any atom is 0.330 e. The van der Waals surface area contributed by atoms with Gasteiger partial charge in [-0.15, -0.1) is 0 Å². The van der Waals surface area contributed by atoms with Gasteiger partial charge < -0.3 is 14.2 Å². The Morgan fingerprint density at radius 3 is 2.56 bits per heavy atom. The lowest BCUT2D eigenvalue weighted by molar-refractivity contribution is -0.150. The average Bonchev–Trinajstić information content (AvgIpc) is 3.11. The molecule has 3 rings (SSSR count). The van der Waals surface area contributed by atoms with Gasteiger partial charge in [0.15, 0.2) is 11.2 Å². The molecule has 10 heteroatoms. The molecule has 3 heterocycles. The average molecular weight is 448 g/mol. The van der Waals surface area contributed by atoms with Gasteiger partial charge in [-0.25, -0.2) is 9.78 Å². The first-order chi connectivity index (χ1) is 15.5. The fourth-order valence-corrected chi connectivity index (χ4v) is 4.04. The lowest BCUT2D eigenvalue weighted by Gasteiger charge is -2.23. The van der Waals surface area contributed by atoms with Crippen LogP contribution < -0.4 is 11.2 Å². The molecule has 0 atom stereocenters. The molecule has 0 aliphatic carbocycles. The number of imidazole rings is 1. The molecule has 0 aromatic carbocycles. The molecule has 0 unspecified atom stereocenters. The molecule has 0 saturated carbocycles. The molecule has 0 radical (unpaired) electrons. The minimum atomic E-state index is -0.508. The summed E-state index contributed by atoms with van der Waals surface area (Å²) in [5.41, 5.74) is -0.364. The number of carbonyl (C=O) groups excluding carboxylic acids is 2. The molecule has 1 amide bonds. The van der Waals surface area contributed by atoms with Crippen LogP contribution in [-0.2, 0) is 34.0 Å². The van der Waals surface area contributed by atoms with Crippen LogP contribution in [0, 0.1) is 0 Å². The smallest absolute Gasteiger partial charge is 0.330 e. The summed E-state index contributed by atoms with van der Waals surface area (Å²) in [6.45, 7) is 5.28. The van der Waals surface area contributed by atoms with Crippen LogP contribution in [-0.4, -0.2) is 49.0 Å². The third-order valence-corrected chi connectivity index (χ3v) is 5.75. The molecule has 2 aromatic rings. The quantitative estimate of drug-likeness (QED) is 0.587. The highest BCUT2D eigenvalue weighted by molar-refractivity contribution is 5.82. The van der Waals surface area contributed by atoms with Crippen molar-refractivity contribution in [2.24, 2.45) is 0 Å². The Kier molecular flexibility index (Phi) is 8.24. The van der Waals surface area contributed by atoms with Crippen molar-refractivity contribution in [2.45, 2.75) is 84.9 Å². The van der Waals surface area contributed by atoms with E-state index >= 15 is 0 Å². The lowest BCUT2D eigenvalue weighted by atomic mass is 10.1. The van der Waals surface area contributed by atoms with E-state index in [0.717, 1.165) is 44.9 Å². The third-order valence-electron chi connectivity index (χ3n) is 5.75. The topological polar surface area (TPSA) is 119 Å². The van der Waals surface area contributed by atoms with Crippen molar-refractivity contribution in [3.05, 3.63) is 26.7 Å². The first-order valence-corrected chi connectivity index (χ1v) is 11.6. The van der Waals surface area contributed by atoms with Crippen molar-refractivity contribution < 1.29 is 14.3 Å². The Hall–Kier alpha value is -2.91. The van der Waals surface area contributed by atoms with E-state index in [4.69, 9.17) is 4.74 Å². The number of nitrogens with zero attached hydrogens (tertiary/aromatic N) is 4. The number of unbranched alkanes of at least 4 members (excludes halogenated alkanes) is 1. The summed E-state index contributed by atoms with van der Waals surface area (Å²) in [5, 5.41) is 0. The van der Waals surface area contributed by atoms with E-state index in [1.165, 1.54) is 4.57 Å². The zero-order valence-electron chi connectivity index (χ0n) is 19.0. The number of carbonyl (C=O) groups is 2. The van der Waals surface area contributed by atoms with E-state index in [2.05, 4.69) is 9.97 Å². The molecule has 2 aromatic heterocycles. The summed E-state index contributed by atoms with van der Waals surface area (Å²) >= 11 is 0. The van der Waals surface area contributed by atoms with Gasteiger partial charge in [-0.05, 0) is 25.7 Å². The molecule has 1 aliphatic heterocycles. The lowest BCUT2D eigenvalue weighted by Crippen LogP contribution is -2.37. The second-order valence-corrected chi connectivity index (χ2v) is 8.26. The summed E-state index contributed by atoms with van der Waals surface area (Å²) in [7, 11) is 0. The standard InChI is InChI=1S/C22H33N5O5/c1-3-5-13-27-20-19(21(30)24-22(27)31)26(11-4-2)16(23-20)15-32-18(29)14-25-12-9-7-6-8-10-17(25)28/h3-15H2,1-2H3,(H,24,30,31). The van der Waals surface area contributed by atoms with Crippen LogP contribution in [0.4, 0.5) is 0 Å². The number of likely N-dealkylation sites (tertiary alicyclic amines) is 1. The van der Waals surface area contributed by atoms with Crippen molar-refractivity contribution >= 4 is 23.0 Å². The van der Waals surface area contributed by atoms with Crippen molar-refractivity contribution in [2.75, 3.05) is 13.1 Å². The van der Waals surface area contributed by atoms with Crippen LogP contribution in [0.3, 0.4) is 0 Å². The number of aryl methyl sites for hydroxylation is 2. The molecule has 0 bridgehead atoms. The van der Waals surface area contributed by atoms with Gasteiger partial charge in [-0.3, -0.25) is 23.9 Å². The number of aromatic nitrogens is 4.